The summed E-state index contributed by atoms with van der Waals surface area (Å²) < 4.78 is 11.4. The average molecular weight is 372 g/mol. The van der Waals surface area contributed by atoms with E-state index in [4.69, 9.17) is 9.47 Å². The second-order valence-electron chi connectivity index (χ2n) is 8.36. The molecule has 0 spiro atoms. The highest BCUT2D eigenvalue weighted by molar-refractivity contribution is 5.87. The van der Waals surface area contributed by atoms with Gasteiger partial charge in [0.1, 0.15) is 24.4 Å². The molecule has 1 saturated heterocycles. The molecule has 26 heavy (non-hydrogen) atoms. The number of carbonyl (C=O) groups is 1. The van der Waals surface area contributed by atoms with Crippen LogP contribution in [0.2, 0.25) is 0 Å². The predicted molar refractivity (Wildman–Crippen MR) is 94.1 cm³/mol. The molecule has 2 aliphatic rings. The number of ether oxygens (including phenoxy) is 2. The van der Waals surface area contributed by atoms with Gasteiger partial charge in [-0.1, -0.05) is 26.8 Å². The summed E-state index contributed by atoms with van der Waals surface area (Å²) in [5.41, 5.74) is -0.123. The van der Waals surface area contributed by atoms with Crippen molar-refractivity contribution in [3.63, 3.8) is 0 Å². The summed E-state index contributed by atoms with van der Waals surface area (Å²) >= 11 is 0. The summed E-state index contributed by atoms with van der Waals surface area (Å²) in [6.07, 6.45) is -1.51. The number of aliphatic hydroxyl groups is 4. The van der Waals surface area contributed by atoms with Crippen molar-refractivity contribution in [2.75, 3.05) is 6.61 Å². The molecule has 2 fully saturated rings. The summed E-state index contributed by atoms with van der Waals surface area (Å²) in [5, 5.41) is 39.2. The molecule has 0 amide bonds. The Labute approximate surface area is 154 Å². The van der Waals surface area contributed by atoms with Gasteiger partial charge >= 0.3 is 0 Å². The Morgan fingerprint density at radius 1 is 1.23 bits per heavy atom. The Balaban J connectivity index is 2.06. The van der Waals surface area contributed by atoms with Crippen molar-refractivity contribution in [1.29, 1.82) is 0 Å². The maximum atomic E-state index is 11.3. The summed E-state index contributed by atoms with van der Waals surface area (Å²) in [6, 6.07) is 0. The molecule has 0 aromatic carbocycles. The Kier molecular flexibility index (Phi) is 6.98. The highest BCUT2D eigenvalue weighted by atomic mass is 16.7. The third kappa shape index (κ3) is 4.71. The topological polar surface area (TPSA) is 116 Å². The fourth-order valence-corrected chi connectivity index (χ4v) is 4.30. The summed E-state index contributed by atoms with van der Waals surface area (Å²) in [4.78, 5) is 11.3. The molecule has 7 heteroatoms. The number of rotatable bonds is 5. The lowest BCUT2D eigenvalue weighted by Crippen LogP contribution is -2.60. The first-order chi connectivity index (χ1) is 12.1. The van der Waals surface area contributed by atoms with Crippen molar-refractivity contribution in [3.8, 4) is 0 Å². The molecule has 0 unspecified atom stereocenters. The first kappa shape index (κ1) is 21.5. The fraction of sp³-hybridized carbons (Fsp3) is 0.842. The van der Waals surface area contributed by atoms with Crippen LogP contribution in [0.3, 0.4) is 0 Å². The van der Waals surface area contributed by atoms with Gasteiger partial charge in [-0.25, -0.2) is 0 Å². The van der Waals surface area contributed by atoms with Crippen LogP contribution in [0, 0.1) is 17.3 Å². The molecule has 1 aliphatic carbocycles. The van der Waals surface area contributed by atoms with E-state index in [2.05, 4.69) is 20.8 Å². The highest BCUT2D eigenvalue weighted by Crippen LogP contribution is 2.46. The van der Waals surface area contributed by atoms with Gasteiger partial charge in [0.05, 0.1) is 12.7 Å². The molecule has 1 heterocycles. The lowest BCUT2D eigenvalue weighted by molar-refractivity contribution is -0.316. The van der Waals surface area contributed by atoms with Crippen molar-refractivity contribution in [1.82, 2.24) is 0 Å². The zero-order chi connectivity index (χ0) is 19.6. The van der Waals surface area contributed by atoms with Crippen molar-refractivity contribution >= 4 is 5.78 Å². The molecule has 0 aromatic heterocycles. The maximum absolute atomic E-state index is 11.3. The van der Waals surface area contributed by atoms with Gasteiger partial charge in [-0.15, -0.1) is 0 Å². The van der Waals surface area contributed by atoms with E-state index in [0.29, 0.717) is 12.8 Å². The molecule has 1 aliphatic heterocycles. The van der Waals surface area contributed by atoms with E-state index in [1.54, 1.807) is 6.08 Å². The molecule has 0 bridgehead atoms. The number of allylic oxidation sites excluding steroid dienone is 2. The van der Waals surface area contributed by atoms with Crippen LogP contribution in [0.5, 0.6) is 0 Å². The smallest absolute Gasteiger partial charge is 0.186 e. The van der Waals surface area contributed by atoms with Crippen LogP contribution in [0.4, 0.5) is 0 Å². The largest absolute Gasteiger partial charge is 0.394 e. The Hall–Kier alpha value is -0.830. The predicted octanol–water partition coefficient (Wildman–Crippen LogP) is 0.389. The van der Waals surface area contributed by atoms with Gasteiger partial charge in [0.15, 0.2) is 12.1 Å². The van der Waals surface area contributed by atoms with Crippen molar-refractivity contribution in [2.45, 2.75) is 77.3 Å². The van der Waals surface area contributed by atoms with Crippen LogP contribution in [0.25, 0.3) is 0 Å². The van der Waals surface area contributed by atoms with E-state index in [-0.39, 0.29) is 29.1 Å². The van der Waals surface area contributed by atoms with Crippen LogP contribution < -0.4 is 0 Å². The maximum Gasteiger partial charge on any atom is 0.186 e. The quantitative estimate of drug-likeness (QED) is 0.516. The minimum absolute atomic E-state index is 0.0210. The van der Waals surface area contributed by atoms with Crippen LogP contribution in [-0.4, -0.2) is 69.6 Å². The lowest BCUT2D eigenvalue weighted by Gasteiger charge is -2.47. The van der Waals surface area contributed by atoms with Gasteiger partial charge in [-0.2, -0.15) is 0 Å². The van der Waals surface area contributed by atoms with E-state index in [9.17, 15) is 25.2 Å². The first-order valence-corrected chi connectivity index (χ1v) is 9.21. The van der Waals surface area contributed by atoms with E-state index in [1.165, 1.54) is 6.92 Å². The normalized spacial score (nSPS) is 43.5. The lowest BCUT2D eigenvalue weighted by atomic mass is 9.63. The molecule has 1 saturated carbocycles. The number of ketones is 1. The molecular formula is C19H32O7. The molecule has 2 rings (SSSR count). The molecular weight excluding hydrogens is 340 g/mol. The zero-order valence-electron chi connectivity index (χ0n) is 15.9. The Morgan fingerprint density at radius 3 is 2.42 bits per heavy atom. The minimum Gasteiger partial charge on any atom is -0.394 e. The second kappa shape index (κ2) is 8.46. The second-order valence-corrected chi connectivity index (χ2v) is 8.36. The molecule has 8 atom stereocenters. The van der Waals surface area contributed by atoms with Gasteiger partial charge in [0.25, 0.3) is 0 Å². The van der Waals surface area contributed by atoms with Crippen molar-refractivity contribution < 1.29 is 34.7 Å². The SMILES string of the molecule is CC(=O)/C=C/[C@H]1[C@H](C)C[C@@H](O[C@@H]2O[C@H](CO)[C@@H](O)[C@H](O)[C@H]2O)CC1(C)C. The van der Waals surface area contributed by atoms with E-state index in [0.717, 1.165) is 0 Å². The third-order valence-electron chi connectivity index (χ3n) is 5.62. The van der Waals surface area contributed by atoms with Crippen LogP contribution in [0.1, 0.15) is 40.5 Å². The fourth-order valence-electron chi connectivity index (χ4n) is 4.30. The van der Waals surface area contributed by atoms with Crippen LogP contribution in [0.15, 0.2) is 12.2 Å². The zero-order valence-corrected chi connectivity index (χ0v) is 15.9. The Morgan fingerprint density at radius 2 is 1.88 bits per heavy atom. The van der Waals surface area contributed by atoms with E-state index < -0.39 is 37.3 Å². The number of hydrogen-bond donors (Lipinski definition) is 4. The molecule has 7 nitrogen and oxygen atoms in total. The summed E-state index contributed by atoms with van der Waals surface area (Å²) in [6.45, 7) is 7.37. The van der Waals surface area contributed by atoms with Crippen molar-refractivity contribution in [3.05, 3.63) is 12.2 Å². The van der Waals surface area contributed by atoms with E-state index >= 15 is 0 Å². The number of aliphatic hydroxyl groups excluding tert-OH is 4. The van der Waals surface area contributed by atoms with E-state index in [1.807, 2.05) is 6.08 Å². The van der Waals surface area contributed by atoms with Gasteiger partial charge < -0.3 is 29.9 Å². The van der Waals surface area contributed by atoms with Gasteiger partial charge in [0.2, 0.25) is 0 Å². The van der Waals surface area contributed by atoms with Crippen LogP contribution in [-0.2, 0) is 14.3 Å². The monoisotopic (exact) mass is 372 g/mol. The number of carbonyl (C=O) groups excluding carboxylic acids is 1. The molecule has 150 valence electrons. The standard InChI is InChI=1S/C19H32O7/c1-10-7-12(8-19(3,4)13(10)6-5-11(2)21)25-18-17(24)16(23)15(22)14(9-20)26-18/h5-6,10,12-18,20,22-24H,7-9H2,1-4H3/b6-5+/t10-,12-,13+,14-,15-,16+,17-,18-/m1/s1. The number of hydrogen-bond acceptors (Lipinski definition) is 7. The first-order valence-electron chi connectivity index (χ1n) is 9.21. The Bertz CT molecular complexity index is 516. The summed E-state index contributed by atoms with van der Waals surface area (Å²) in [7, 11) is 0. The average Bonchev–Trinajstić information content (AvgIpc) is 2.53. The van der Waals surface area contributed by atoms with Crippen molar-refractivity contribution in [2.24, 2.45) is 17.3 Å². The van der Waals surface area contributed by atoms with Gasteiger partial charge in [-0.05, 0) is 43.1 Å². The molecule has 4 N–H and O–H groups in total. The van der Waals surface area contributed by atoms with Gasteiger partial charge in [0, 0.05) is 0 Å². The minimum atomic E-state index is -1.44. The molecule has 0 aromatic rings. The highest BCUT2D eigenvalue weighted by Gasteiger charge is 2.47. The van der Waals surface area contributed by atoms with Crippen LogP contribution >= 0.6 is 0 Å². The van der Waals surface area contributed by atoms with Gasteiger partial charge in [-0.3, -0.25) is 4.79 Å². The molecule has 0 radical (unpaired) electrons. The summed E-state index contributed by atoms with van der Waals surface area (Å²) in [5.74, 6) is 0.498. The third-order valence-corrected chi connectivity index (χ3v) is 5.62.